The Balaban J connectivity index is 1.65. The van der Waals surface area contributed by atoms with Crippen molar-refractivity contribution in [1.29, 1.82) is 0 Å². The Bertz CT molecular complexity index is 1020. The molecule has 4 rings (SSSR count). The molecule has 0 aliphatic heterocycles. The third-order valence-electron chi connectivity index (χ3n) is 5.17. The summed E-state index contributed by atoms with van der Waals surface area (Å²) in [5.41, 5.74) is 3.50. The average molecular weight is 392 g/mol. The molecule has 1 aliphatic rings. The number of carbonyl (C=O) groups is 2. The van der Waals surface area contributed by atoms with Gasteiger partial charge in [0.25, 0.3) is 5.91 Å². The van der Waals surface area contributed by atoms with E-state index in [1.807, 2.05) is 66.2 Å². The molecule has 0 saturated heterocycles. The Morgan fingerprint density at radius 2 is 1.79 bits per heavy atom. The minimum Gasteiger partial charge on any atom is -0.312 e. The van der Waals surface area contributed by atoms with Crippen LogP contribution >= 0.6 is 11.3 Å². The number of carbonyl (C=O) groups excluding carboxylic acids is 2. The van der Waals surface area contributed by atoms with Crippen molar-refractivity contribution in [1.82, 2.24) is 0 Å². The molecule has 2 heterocycles. The molecule has 0 atom stereocenters. The smallest absolute Gasteiger partial charge is 0.290 e. The summed E-state index contributed by atoms with van der Waals surface area (Å²) < 4.78 is 1.90. The lowest BCUT2D eigenvalue weighted by Gasteiger charge is -2.12. The van der Waals surface area contributed by atoms with E-state index in [2.05, 4.69) is 5.32 Å². The van der Waals surface area contributed by atoms with E-state index >= 15 is 0 Å². The van der Waals surface area contributed by atoms with Gasteiger partial charge in [0.15, 0.2) is 17.7 Å². The SMILES string of the molecule is Cc1cccc[n+]1CC(=O)Nc1sc2c(c1C(=O)c1ccccc1)CCCC2. The number of aromatic nitrogens is 1. The summed E-state index contributed by atoms with van der Waals surface area (Å²) in [4.78, 5) is 27.2. The van der Waals surface area contributed by atoms with Crippen LogP contribution in [-0.4, -0.2) is 11.7 Å². The van der Waals surface area contributed by atoms with Crippen molar-refractivity contribution in [3.05, 3.63) is 82.0 Å². The highest BCUT2D eigenvalue weighted by Crippen LogP contribution is 2.39. The first kappa shape index (κ1) is 18.6. The van der Waals surface area contributed by atoms with Gasteiger partial charge in [-0.3, -0.25) is 9.59 Å². The highest BCUT2D eigenvalue weighted by molar-refractivity contribution is 7.17. The number of benzene rings is 1. The molecule has 1 aromatic carbocycles. The monoisotopic (exact) mass is 391 g/mol. The maximum Gasteiger partial charge on any atom is 0.290 e. The van der Waals surface area contributed by atoms with Crippen LogP contribution < -0.4 is 9.88 Å². The number of rotatable bonds is 5. The van der Waals surface area contributed by atoms with E-state index < -0.39 is 0 Å². The molecule has 0 radical (unpaired) electrons. The lowest BCUT2D eigenvalue weighted by atomic mass is 9.92. The van der Waals surface area contributed by atoms with E-state index in [1.54, 1.807) is 11.3 Å². The van der Waals surface area contributed by atoms with Gasteiger partial charge in [0.1, 0.15) is 5.00 Å². The van der Waals surface area contributed by atoms with Crippen LogP contribution in [-0.2, 0) is 24.2 Å². The van der Waals surface area contributed by atoms with Crippen molar-refractivity contribution >= 4 is 28.0 Å². The lowest BCUT2D eigenvalue weighted by molar-refractivity contribution is -0.690. The molecule has 1 N–H and O–H groups in total. The molecule has 0 spiro atoms. The molecule has 1 aliphatic carbocycles. The van der Waals surface area contributed by atoms with Gasteiger partial charge in [0.2, 0.25) is 6.54 Å². The van der Waals surface area contributed by atoms with Gasteiger partial charge in [-0.1, -0.05) is 36.4 Å². The predicted octanol–water partition coefficient (Wildman–Crippen LogP) is 4.09. The van der Waals surface area contributed by atoms with Gasteiger partial charge < -0.3 is 5.32 Å². The Kier molecular flexibility index (Phi) is 5.35. The van der Waals surface area contributed by atoms with Crippen LogP contribution in [0.25, 0.3) is 0 Å². The second-order valence-corrected chi connectivity index (χ2v) is 8.23. The van der Waals surface area contributed by atoms with E-state index in [9.17, 15) is 9.59 Å². The fourth-order valence-electron chi connectivity index (χ4n) is 3.69. The predicted molar refractivity (Wildman–Crippen MR) is 111 cm³/mol. The Hall–Kier alpha value is -2.79. The molecule has 1 amide bonds. The van der Waals surface area contributed by atoms with Gasteiger partial charge in [-0.15, -0.1) is 11.3 Å². The van der Waals surface area contributed by atoms with Crippen LogP contribution in [0.2, 0.25) is 0 Å². The van der Waals surface area contributed by atoms with Gasteiger partial charge in [-0.05, 0) is 31.2 Å². The largest absolute Gasteiger partial charge is 0.312 e. The van der Waals surface area contributed by atoms with Crippen LogP contribution in [0.1, 0.15) is 44.9 Å². The second-order valence-electron chi connectivity index (χ2n) is 7.13. The zero-order chi connectivity index (χ0) is 19.5. The first-order valence-corrected chi connectivity index (χ1v) is 10.4. The number of nitrogens with zero attached hydrogens (tertiary/aromatic N) is 1. The quantitative estimate of drug-likeness (QED) is 0.526. The molecule has 0 fully saturated rings. The van der Waals surface area contributed by atoms with Gasteiger partial charge in [0.05, 0.1) is 5.56 Å². The number of hydrogen-bond acceptors (Lipinski definition) is 3. The summed E-state index contributed by atoms with van der Waals surface area (Å²) in [6, 6.07) is 15.2. The van der Waals surface area contributed by atoms with E-state index in [4.69, 9.17) is 0 Å². The number of anilines is 1. The molecule has 0 unspecified atom stereocenters. The summed E-state index contributed by atoms with van der Waals surface area (Å²) in [5, 5.41) is 3.73. The van der Waals surface area contributed by atoms with Gasteiger partial charge in [0, 0.05) is 29.5 Å². The maximum atomic E-state index is 13.2. The van der Waals surface area contributed by atoms with Gasteiger partial charge in [-0.25, -0.2) is 0 Å². The van der Waals surface area contributed by atoms with Gasteiger partial charge in [-0.2, -0.15) is 4.57 Å². The van der Waals surface area contributed by atoms with E-state index in [-0.39, 0.29) is 18.2 Å². The molecule has 142 valence electrons. The number of aryl methyl sites for hydroxylation is 2. The third kappa shape index (κ3) is 3.76. The summed E-state index contributed by atoms with van der Waals surface area (Å²) in [5.74, 6) is -0.112. The molecule has 28 heavy (non-hydrogen) atoms. The van der Waals surface area contributed by atoms with Crippen molar-refractivity contribution in [3.63, 3.8) is 0 Å². The maximum absolute atomic E-state index is 13.2. The molecular weight excluding hydrogens is 368 g/mol. The highest BCUT2D eigenvalue weighted by Gasteiger charge is 2.27. The number of fused-ring (bicyclic) bond motifs is 1. The minimum absolute atomic E-state index is 0.00107. The number of pyridine rings is 1. The summed E-state index contributed by atoms with van der Waals surface area (Å²) in [6.45, 7) is 2.20. The minimum atomic E-state index is -0.111. The lowest BCUT2D eigenvalue weighted by Crippen LogP contribution is -2.42. The molecule has 2 aromatic heterocycles. The average Bonchev–Trinajstić information content (AvgIpc) is 3.07. The first-order chi connectivity index (χ1) is 13.6. The van der Waals surface area contributed by atoms with Crippen LogP contribution in [0, 0.1) is 6.92 Å². The molecule has 0 bridgehead atoms. The standard InChI is InChI=1S/C23H22N2O2S/c1-16-9-7-8-14-25(16)15-20(26)24-23-21(18-12-5-6-13-19(18)28-23)22(27)17-10-3-2-4-11-17/h2-4,7-11,14H,5-6,12-13,15H2,1H3/p+1. The van der Waals surface area contributed by atoms with E-state index in [1.165, 1.54) is 4.88 Å². The third-order valence-corrected chi connectivity index (χ3v) is 6.38. The molecular formula is C23H23N2O2S+. The second kappa shape index (κ2) is 8.07. The summed E-state index contributed by atoms with van der Waals surface area (Å²) in [6.07, 6.45) is 6.01. The Morgan fingerprint density at radius 1 is 1.04 bits per heavy atom. The van der Waals surface area contributed by atoms with Crippen molar-refractivity contribution in [2.75, 3.05) is 5.32 Å². The van der Waals surface area contributed by atoms with E-state index in [0.29, 0.717) is 16.1 Å². The van der Waals surface area contributed by atoms with Crippen molar-refractivity contribution in [2.24, 2.45) is 0 Å². The fraction of sp³-hybridized carbons (Fsp3) is 0.261. The number of hydrogen-bond donors (Lipinski definition) is 1. The molecule has 5 heteroatoms. The zero-order valence-corrected chi connectivity index (χ0v) is 16.7. The Morgan fingerprint density at radius 3 is 2.57 bits per heavy atom. The van der Waals surface area contributed by atoms with Crippen LogP contribution in [0.4, 0.5) is 5.00 Å². The van der Waals surface area contributed by atoms with Crippen molar-refractivity contribution < 1.29 is 14.2 Å². The van der Waals surface area contributed by atoms with Crippen LogP contribution in [0.3, 0.4) is 0 Å². The number of nitrogens with one attached hydrogen (secondary N) is 1. The normalized spacial score (nSPS) is 13.0. The summed E-state index contributed by atoms with van der Waals surface area (Å²) in [7, 11) is 0. The molecule has 4 nitrogen and oxygen atoms in total. The Labute approximate surface area is 168 Å². The van der Waals surface area contributed by atoms with Crippen molar-refractivity contribution in [3.8, 4) is 0 Å². The number of amides is 1. The van der Waals surface area contributed by atoms with Crippen LogP contribution in [0.15, 0.2) is 54.7 Å². The van der Waals surface area contributed by atoms with E-state index in [0.717, 1.165) is 36.9 Å². The fourth-order valence-corrected chi connectivity index (χ4v) is 4.99. The van der Waals surface area contributed by atoms with Crippen molar-refractivity contribution in [2.45, 2.75) is 39.2 Å². The molecule has 0 saturated carbocycles. The van der Waals surface area contributed by atoms with Crippen LogP contribution in [0.5, 0.6) is 0 Å². The summed E-state index contributed by atoms with van der Waals surface area (Å²) >= 11 is 1.57. The first-order valence-electron chi connectivity index (χ1n) is 9.62. The number of ketones is 1. The number of thiophene rings is 1. The zero-order valence-electron chi connectivity index (χ0n) is 15.9. The highest BCUT2D eigenvalue weighted by atomic mass is 32.1. The molecule has 3 aromatic rings. The topological polar surface area (TPSA) is 50.0 Å². The van der Waals surface area contributed by atoms with Gasteiger partial charge >= 0.3 is 0 Å².